The molecule has 4 nitrogen and oxygen atoms in total. The number of aromatic nitrogens is 2. The first kappa shape index (κ1) is 11.6. The molecule has 17 heavy (non-hydrogen) atoms. The van der Waals surface area contributed by atoms with Gasteiger partial charge in [0.1, 0.15) is 0 Å². The van der Waals surface area contributed by atoms with Gasteiger partial charge >= 0.3 is 0 Å². The van der Waals surface area contributed by atoms with Crippen molar-refractivity contribution in [2.45, 2.75) is 0 Å². The van der Waals surface area contributed by atoms with Crippen LogP contribution in [0.3, 0.4) is 0 Å². The lowest BCUT2D eigenvalue weighted by molar-refractivity contribution is 0.102. The molecule has 0 saturated heterocycles. The first-order valence-corrected chi connectivity index (χ1v) is 5.75. The second-order valence-electron chi connectivity index (χ2n) is 3.04. The largest absolute Gasteiger partial charge is 0.320 e. The van der Waals surface area contributed by atoms with E-state index in [4.69, 9.17) is 18.0 Å². The molecule has 0 spiro atoms. The van der Waals surface area contributed by atoms with Gasteiger partial charge in [0.25, 0.3) is 5.91 Å². The molecule has 2 aromatic rings. The van der Waals surface area contributed by atoms with E-state index in [9.17, 15) is 4.79 Å². The number of nitrogens with one attached hydrogen (secondary N) is 1. The third-order valence-corrected chi connectivity index (χ3v) is 2.90. The highest BCUT2D eigenvalue weighted by molar-refractivity contribution is 7.17. The van der Waals surface area contributed by atoms with Crippen LogP contribution in [-0.2, 0) is 0 Å². The van der Waals surface area contributed by atoms with Gasteiger partial charge in [-0.2, -0.15) is 0 Å². The monoisotopic (exact) mass is 263 g/mol. The quantitative estimate of drug-likeness (QED) is 0.847. The zero-order valence-electron chi connectivity index (χ0n) is 8.48. The molecule has 0 aliphatic heterocycles. The van der Waals surface area contributed by atoms with Gasteiger partial charge in [-0.25, -0.2) is 0 Å². The van der Waals surface area contributed by atoms with Crippen molar-refractivity contribution in [1.29, 1.82) is 0 Å². The minimum absolute atomic E-state index is 0.209. The molecule has 1 aromatic carbocycles. The number of nitrogens with zero attached hydrogens (tertiary/aromatic N) is 2. The van der Waals surface area contributed by atoms with Crippen LogP contribution >= 0.6 is 22.9 Å². The van der Waals surface area contributed by atoms with Crippen molar-refractivity contribution in [3.8, 4) is 12.3 Å². The third-order valence-electron chi connectivity index (χ3n) is 1.88. The molecule has 6 heteroatoms. The molecule has 1 aromatic heterocycles. The van der Waals surface area contributed by atoms with E-state index in [-0.39, 0.29) is 15.4 Å². The van der Waals surface area contributed by atoms with Gasteiger partial charge in [0.05, 0.1) is 0 Å². The molecule has 0 saturated carbocycles. The van der Waals surface area contributed by atoms with Crippen LogP contribution in [0.25, 0.3) is 0 Å². The van der Waals surface area contributed by atoms with Gasteiger partial charge in [0, 0.05) is 11.3 Å². The first-order valence-electron chi connectivity index (χ1n) is 4.56. The number of hydrogen-bond donors (Lipinski definition) is 1. The summed E-state index contributed by atoms with van der Waals surface area (Å²) in [6.07, 6.45) is 5.26. The fraction of sp³-hybridized carbons (Fsp3) is 0. The lowest BCUT2D eigenvalue weighted by Crippen LogP contribution is -2.11. The number of carbonyl (C=O) groups is 1. The lowest BCUT2D eigenvalue weighted by Gasteiger charge is -2.02. The highest BCUT2D eigenvalue weighted by Gasteiger charge is 2.11. The van der Waals surface area contributed by atoms with Crippen LogP contribution in [0.15, 0.2) is 24.3 Å². The van der Waals surface area contributed by atoms with Gasteiger partial charge in [-0.3, -0.25) is 4.79 Å². The van der Waals surface area contributed by atoms with E-state index in [1.54, 1.807) is 24.3 Å². The van der Waals surface area contributed by atoms with E-state index in [1.165, 1.54) is 0 Å². The average molecular weight is 264 g/mol. The van der Waals surface area contributed by atoms with Gasteiger partial charge in [0.2, 0.25) is 9.47 Å². The Balaban J connectivity index is 2.16. The summed E-state index contributed by atoms with van der Waals surface area (Å²) in [6, 6.07) is 6.97. The minimum Gasteiger partial charge on any atom is -0.320 e. The molecule has 2 rings (SSSR count). The fourth-order valence-electron chi connectivity index (χ4n) is 1.17. The molecule has 1 amide bonds. The Hall–Kier alpha value is -1.90. The Labute approximate surface area is 107 Å². The molecular weight excluding hydrogens is 258 g/mol. The molecule has 1 N–H and O–H groups in total. The number of terminal acetylenes is 1. The van der Waals surface area contributed by atoms with Gasteiger partial charge < -0.3 is 5.32 Å². The maximum absolute atomic E-state index is 11.7. The van der Waals surface area contributed by atoms with Crippen molar-refractivity contribution in [3.63, 3.8) is 0 Å². The van der Waals surface area contributed by atoms with E-state index < -0.39 is 0 Å². The van der Waals surface area contributed by atoms with E-state index in [0.29, 0.717) is 11.3 Å². The maximum Gasteiger partial charge on any atom is 0.286 e. The number of amides is 1. The van der Waals surface area contributed by atoms with Crippen LogP contribution < -0.4 is 5.32 Å². The predicted octanol–water partition coefficient (Wildman–Crippen LogP) is 2.43. The Bertz CT molecular complexity index is 603. The van der Waals surface area contributed by atoms with E-state index >= 15 is 0 Å². The van der Waals surface area contributed by atoms with Crippen molar-refractivity contribution >= 4 is 34.5 Å². The summed E-state index contributed by atoms with van der Waals surface area (Å²) < 4.78 is 0.229. The summed E-state index contributed by atoms with van der Waals surface area (Å²) in [6.45, 7) is 0. The van der Waals surface area contributed by atoms with Gasteiger partial charge in [-0.15, -0.1) is 16.6 Å². The number of carbonyl (C=O) groups excluding carboxylic acids is 1. The predicted molar refractivity (Wildman–Crippen MR) is 67.2 cm³/mol. The Morgan fingerprint density at radius 3 is 2.94 bits per heavy atom. The normalized spacial score (nSPS) is 9.65. The van der Waals surface area contributed by atoms with Crippen molar-refractivity contribution in [3.05, 3.63) is 39.3 Å². The minimum atomic E-state index is -0.358. The molecule has 0 atom stereocenters. The number of anilines is 1. The summed E-state index contributed by atoms with van der Waals surface area (Å²) >= 11 is 6.61. The van der Waals surface area contributed by atoms with Crippen LogP contribution in [0, 0.1) is 12.3 Å². The second-order valence-corrected chi connectivity index (χ2v) is 4.60. The SMILES string of the molecule is C#Cc1cccc(NC(=O)c2nnc(Cl)s2)c1. The van der Waals surface area contributed by atoms with Gasteiger partial charge in [0.15, 0.2) is 0 Å². The summed E-state index contributed by atoms with van der Waals surface area (Å²) in [4.78, 5) is 11.7. The van der Waals surface area contributed by atoms with E-state index in [2.05, 4.69) is 21.4 Å². The zero-order valence-corrected chi connectivity index (χ0v) is 10.0. The van der Waals surface area contributed by atoms with Crippen molar-refractivity contribution < 1.29 is 4.79 Å². The number of halogens is 1. The first-order chi connectivity index (χ1) is 8.19. The summed E-state index contributed by atoms with van der Waals surface area (Å²) in [5, 5.41) is 10.1. The zero-order chi connectivity index (χ0) is 12.3. The standard InChI is InChI=1S/C11H6ClN3OS/c1-2-7-4-3-5-8(6-7)13-9(16)10-14-15-11(12)17-10/h1,3-6H,(H,13,16). The van der Waals surface area contributed by atoms with Crippen molar-refractivity contribution in [2.75, 3.05) is 5.32 Å². The Morgan fingerprint density at radius 1 is 1.47 bits per heavy atom. The van der Waals surface area contributed by atoms with E-state index in [0.717, 1.165) is 11.3 Å². The van der Waals surface area contributed by atoms with Crippen LogP contribution in [0.4, 0.5) is 5.69 Å². The third kappa shape index (κ3) is 2.81. The highest BCUT2D eigenvalue weighted by atomic mass is 35.5. The van der Waals surface area contributed by atoms with Gasteiger partial charge in [-0.05, 0) is 29.8 Å². The lowest BCUT2D eigenvalue weighted by atomic mass is 10.2. The fourth-order valence-corrected chi connectivity index (χ4v) is 1.89. The van der Waals surface area contributed by atoms with Crippen LogP contribution in [0.2, 0.25) is 4.47 Å². The molecule has 0 aliphatic rings. The average Bonchev–Trinajstić information content (AvgIpc) is 2.76. The summed E-state index contributed by atoms with van der Waals surface area (Å²) in [5.41, 5.74) is 1.30. The topological polar surface area (TPSA) is 54.9 Å². The van der Waals surface area contributed by atoms with Crippen molar-refractivity contribution in [2.24, 2.45) is 0 Å². The smallest absolute Gasteiger partial charge is 0.286 e. The summed E-state index contributed by atoms with van der Waals surface area (Å²) in [7, 11) is 0. The second kappa shape index (κ2) is 4.95. The Morgan fingerprint density at radius 2 is 2.29 bits per heavy atom. The number of hydrogen-bond acceptors (Lipinski definition) is 4. The molecule has 0 radical (unpaired) electrons. The molecule has 1 heterocycles. The van der Waals surface area contributed by atoms with Crippen LogP contribution in [0.1, 0.15) is 15.4 Å². The van der Waals surface area contributed by atoms with Crippen molar-refractivity contribution in [1.82, 2.24) is 10.2 Å². The molecular formula is C11H6ClN3OS. The van der Waals surface area contributed by atoms with Crippen LogP contribution in [-0.4, -0.2) is 16.1 Å². The number of rotatable bonds is 2. The Kier molecular flexibility index (Phi) is 3.38. The molecule has 0 bridgehead atoms. The molecule has 0 aliphatic carbocycles. The van der Waals surface area contributed by atoms with Crippen LogP contribution in [0.5, 0.6) is 0 Å². The van der Waals surface area contributed by atoms with Gasteiger partial charge in [-0.1, -0.05) is 23.3 Å². The molecule has 0 unspecified atom stereocenters. The maximum atomic E-state index is 11.7. The molecule has 84 valence electrons. The summed E-state index contributed by atoms with van der Waals surface area (Å²) in [5.74, 6) is 2.13. The number of benzene rings is 1. The molecule has 0 fully saturated rings. The van der Waals surface area contributed by atoms with E-state index in [1.807, 2.05) is 0 Å². The highest BCUT2D eigenvalue weighted by Crippen LogP contribution is 2.17.